The molecule has 2 aromatic carbocycles. The fraction of sp³-hybridized carbons (Fsp3) is 0.333. The standard InChI is InChI=1S/C24H28N2O3/c1-15-12-16(2)21(17(3)13-15)22-20(27)14-18(23(22)29-4)10-11-25-24(28)26-19-8-6-5-7-9-19/h5-9,12-13,18H,10-11,14H2,1-4H3,(H2,25,26,28). The van der Waals surface area contributed by atoms with E-state index in [1.165, 1.54) is 5.56 Å². The van der Waals surface area contributed by atoms with Crippen molar-refractivity contribution in [1.29, 1.82) is 0 Å². The van der Waals surface area contributed by atoms with E-state index in [2.05, 4.69) is 29.7 Å². The van der Waals surface area contributed by atoms with Gasteiger partial charge in [0, 0.05) is 24.6 Å². The molecule has 3 rings (SSSR count). The second-order valence-corrected chi connectivity index (χ2v) is 7.58. The highest BCUT2D eigenvalue weighted by Gasteiger charge is 2.35. The number of carbonyl (C=O) groups excluding carboxylic acids is 2. The van der Waals surface area contributed by atoms with Gasteiger partial charge in [-0.3, -0.25) is 4.79 Å². The van der Waals surface area contributed by atoms with Crippen LogP contribution in [0.25, 0.3) is 5.57 Å². The average molecular weight is 392 g/mol. The van der Waals surface area contributed by atoms with Gasteiger partial charge in [-0.2, -0.15) is 0 Å². The molecular weight excluding hydrogens is 364 g/mol. The summed E-state index contributed by atoms with van der Waals surface area (Å²) in [5, 5.41) is 5.66. The Labute approximate surface area is 172 Å². The maximum atomic E-state index is 12.8. The van der Waals surface area contributed by atoms with Gasteiger partial charge in [-0.15, -0.1) is 0 Å². The molecule has 5 nitrogen and oxygen atoms in total. The van der Waals surface area contributed by atoms with E-state index in [-0.39, 0.29) is 17.7 Å². The van der Waals surface area contributed by atoms with Crippen molar-refractivity contribution >= 4 is 23.1 Å². The zero-order valence-corrected chi connectivity index (χ0v) is 17.5. The Balaban J connectivity index is 1.70. The number of ketones is 1. The summed E-state index contributed by atoms with van der Waals surface area (Å²) < 4.78 is 5.69. The van der Waals surface area contributed by atoms with E-state index in [9.17, 15) is 9.59 Å². The molecule has 2 amide bonds. The van der Waals surface area contributed by atoms with Crippen LogP contribution in [-0.4, -0.2) is 25.5 Å². The number of carbonyl (C=O) groups is 2. The minimum Gasteiger partial charge on any atom is -0.500 e. The molecule has 29 heavy (non-hydrogen) atoms. The fourth-order valence-electron chi connectivity index (χ4n) is 4.16. The normalized spacial score (nSPS) is 16.1. The van der Waals surface area contributed by atoms with Crippen molar-refractivity contribution in [2.24, 2.45) is 5.92 Å². The number of anilines is 1. The molecule has 1 aliphatic carbocycles. The Morgan fingerprint density at radius 3 is 2.38 bits per heavy atom. The highest BCUT2D eigenvalue weighted by atomic mass is 16.5. The number of aryl methyl sites for hydroxylation is 3. The van der Waals surface area contributed by atoms with Gasteiger partial charge in [0.1, 0.15) is 5.76 Å². The van der Waals surface area contributed by atoms with Crippen molar-refractivity contribution in [3.63, 3.8) is 0 Å². The number of urea groups is 1. The van der Waals surface area contributed by atoms with E-state index in [4.69, 9.17) is 4.74 Å². The first-order valence-corrected chi connectivity index (χ1v) is 9.90. The zero-order chi connectivity index (χ0) is 21.0. The molecule has 1 atom stereocenters. The minimum absolute atomic E-state index is 0.0281. The lowest BCUT2D eigenvalue weighted by Crippen LogP contribution is -2.30. The highest BCUT2D eigenvalue weighted by Crippen LogP contribution is 2.40. The molecule has 0 bridgehead atoms. The summed E-state index contributed by atoms with van der Waals surface area (Å²) in [4.78, 5) is 24.9. The molecule has 0 spiro atoms. The number of amides is 2. The molecule has 0 saturated heterocycles. The molecule has 5 heteroatoms. The second-order valence-electron chi connectivity index (χ2n) is 7.58. The first-order chi connectivity index (χ1) is 13.9. The lowest BCUT2D eigenvalue weighted by molar-refractivity contribution is -0.113. The smallest absolute Gasteiger partial charge is 0.319 e. The van der Waals surface area contributed by atoms with Crippen LogP contribution in [0.5, 0.6) is 0 Å². The Morgan fingerprint density at radius 2 is 1.76 bits per heavy atom. The van der Waals surface area contributed by atoms with Gasteiger partial charge in [-0.05, 0) is 56.0 Å². The molecular formula is C24H28N2O3. The molecule has 0 aliphatic heterocycles. The van der Waals surface area contributed by atoms with E-state index >= 15 is 0 Å². The molecule has 152 valence electrons. The summed E-state index contributed by atoms with van der Waals surface area (Å²) in [5.41, 5.74) is 5.77. The van der Waals surface area contributed by atoms with Crippen molar-refractivity contribution < 1.29 is 14.3 Å². The summed E-state index contributed by atoms with van der Waals surface area (Å²) in [5.74, 6) is 0.811. The van der Waals surface area contributed by atoms with Crippen LogP contribution in [0, 0.1) is 26.7 Å². The van der Waals surface area contributed by atoms with Crippen molar-refractivity contribution in [2.45, 2.75) is 33.6 Å². The number of nitrogens with one attached hydrogen (secondary N) is 2. The van der Waals surface area contributed by atoms with Gasteiger partial charge in [0.25, 0.3) is 0 Å². The number of para-hydroxylation sites is 1. The summed E-state index contributed by atoms with van der Waals surface area (Å²) >= 11 is 0. The van der Waals surface area contributed by atoms with E-state index in [1.807, 2.05) is 44.2 Å². The third-order valence-corrected chi connectivity index (χ3v) is 5.28. The number of hydrogen-bond acceptors (Lipinski definition) is 3. The highest BCUT2D eigenvalue weighted by molar-refractivity contribution is 6.24. The number of rotatable bonds is 6. The van der Waals surface area contributed by atoms with Crippen molar-refractivity contribution in [3.05, 3.63) is 70.5 Å². The molecule has 2 aromatic rings. The molecule has 0 fully saturated rings. The second kappa shape index (κ2) is 8.95. The molecule has 2 N–H and O–H groups in total. The topological polar surface area (TPSA) is 67.4 Å². The fourth-order valence-corrected chi connectivity index (χ4v) is 4.16. The van der Waals surface area contributed by atoms with Crippen molar-refractivity contribution in [1.82, 2.24) is 5.32 Å². The number of ether oxygens (including phenoxy) is 1. The zero-order valence-electron chi connectivity index (χ0n) is 17.5. The van der Waals surface area contributed by atoms with Crippen LogP contribution in [0.3, 0.4) is 0 Å². The summed E-state index contributed by atoms with van der Waals surface area (Å²) in [6.07, 6.45) is 1.05. The monoisotopic (exact) mass is 392 g/mol. The van der Waals surface area contributed by atoms with Crippen LogP contribution in [-0.2, 0) is 9.53 Å². The van der Waals surface area contributed by atoms with E-state index < -0.39 is 0 Å². The van der Waals surface area contributed by atoms with Gasteiger partial charge in [-0.1, -0.05) is 35.9 Å². The number of methoxy groups -OCH3 is 1. The lowest BCUT2D eigenvalue weighted by atomic mass is 9.92. The van der Waals surface area contributed by atoms with Gasteiger partial charge >= 0.3 is 6.03 Å². The number of allylic oxidation sites excluding steroid dienone is 2. The van der Waals surface area contributed by atoms with E-state index in [0.29, 0.717) is 25.0 Å². The van der Waals surface area contributed by atoms with Crippen LogP contribution in [0.2, 0.25) is 0 Å². The molecule has 0 aromatic heterocycles. The number of Topliss-reactive ketones (excluding diaryl/α,β-unsaturated/α-hetero) is 1. The molecule has 1 aliphatic rings. The van der Waals surface area contributed by atoms with E-state index in [0.717, 1.165) is 28.1 Å². The maximum absolute atomic E-state index is 12.8. The molecule has 0 radical (unpaired) electrons. The molecule has 1 unspecified atom stereocenters. The summed E-state index contributed by atoms with van der Waals surface area (Å²) in [7, 11) is 1.62. The van der Waals surface area contributed by atoms with Crippen LogP contribution in [0.4, 0.5) is 10.5 Å². The predicted molar refractivity (Wildman–Crippen MR) is 116 cm³/mol. The van der Waals surface area contributed by atoms with Gasteiger partial charge in [0.2, 0.25) is 0 Å². The van der Waals surface area contributed by atoms with Crippen LogP contribution < -0.4 is 10.6 Å². The maximum Gasteiger partial charge on any atom is 0.319 e. The predicted octanol–water partition coefficient (Wildman–Crippen LogP) is 4.77. The Bertz CT molecular complexity index is 925. The summed E-state index contributed by atoms with van der Waals surface area (Å²) in [6, 6.07) is 13.2. The van der Waals surface area contributed by atoms with E-state index in [1.54, 1.807) is 7.11 Å². The van der Waals surface area contributed by atoms with Gasteiger partial charge < -0.3 is 15.4 Å². The first kappa shape index (κ1) is 20.6. The Kier molecular flexibility index (Phi) is 6.37. The Morgan fingerprint density at radius 1 is 1.10 bits per heavy atom. The lowest BCUT2D eigenvalue weighted by Gasteiger charge is -2.16. The largest absolute Gasteiger partial charge is 0.500 e. The van der Waals surface area contributed by atoms with Crippen molar-refractivity contribution in [3.8, 4) is 0 Å². The van der Waals surface area contributed by atoms with Gasteiger partial charge in [0.15, 0.2) is 5.78 Å². The van der Waals surface area contributed by atoms with Crippen molar-refractivity contribution in [2.75, 3.05) is 19.0 Å². The quantitative estimate of drug-likeness (QED) is 0.744. The van der Waals surface area contributed by atoms with Crippen LogP contribution in [0.1, 0.15) is 35.1 Å². The minimum atomic E-state index is -0.256. The third kappa shape index (κ3) is 4.67. The number of hydrogen-bond donors (Lipinski definition) is 2. The van der Waals surface area contributed by atoms with Gasteiger partial charge in [0.05, 0.1) is 12.7 Å². The van der Waals surface area contributed by atoms with Crippen LogP contribution in [0.15, 0.2) is 48.2 Å². The number of benzene rings is 2. The third-order valence-electron chi connectivity index (χ3n) is 5.28. The first-order valence-electron chi connectivity index (χ1n) is 9.90. The summed E-state index contributed by atoms with van der Waals surface area (Å²) in [6.45, 7) is 6.58. The Hall–Kier alpha value is -3.08. The van der Waals surface area contributed by atoms with Crippen LogP contribution >= 0.6 is 0 Å². The SMILES string of the molecule is COC1=C(c2c(C)cc(C)cc2C)C(=O)CC1CCNC(=O)Nc1ccccc1. The average Bonchev–Trinajstić information content (AvgIpc) is 2.97. The van der Waals surface area contributed by atoms with Gasteiger partial charge in [-0.25, -0.2) is 4.79 Å². The molecule has 0 saturated carbocycles. The molecule has 0 heterocycles.